The SMILES string of the molecule is CC1=CC[C@H]2C(=C1)[C@@H](C(C)C)CC[C@@H]2C. The molecule has 0 aromatic rings. The summed E-state index contributed by atoms with van der Waals surface area (Å²) in [6.45, 7) is 9.45. The summed E-state index contributed by atoms with van der Waals surface area (Å²) in [5.74, 6) is 3.43. The average molecular weight is 204 g/mol. The quantitative estimate of drug-likeness (QED) is 0.586. The van der Waals surface area contributed by atoms with E-state index < -0.39 is 0 Å². The summed E-state index contributed by atoms with van der Waals surface area (Å²) in [7, 11) is 0. The van der Waals surface area contributed by atoms with Crippen LogP contribution in [-0.4, -0.2) is 0 Å². The number of rotatable bonds is 1. The minimum atomic E-state index is 0.817. The highest BCUT2D eigenvalue weighted by Crippen LogP contribution is 2.45. The first kappa shape index (κ1) is 11.0. The van der Waals surface area contributed by atoms with Crippen LogP contribution in [0.5, 0.6) is 0 Å². The fourth-order valence-electron chi connectivity index (χ4n) is 3.35. The predicted molar refractivity (Wildman–Crippen MR) is 66.7 cm³/mol. The third-order valence-corrected chi connectivity index (χ3v) is 4.37. The summed E-state index contributed by atoms with van der Waals surface area (Å²) in [6.07, 6.45) is 9.04. The predicted octanol–water partition coefficient (Wildman–Crippen LogP) is 4.58. The van der Waals surface area contributed by atoms with Crippen LogP contribution in [0.1, 0.15) is 47.0 Å². The van der Waals surface area contributed by atoms with E-state index in [2.05, 4.69) is 39.8 Å². The molecule has 0 aromatic heterocycles. The van der Waals surface area contributed by atoms with Crippen molar-refractivity contribution < 1.29 is 0 Å². The second-order valence-corrected chi connectivity index (χ2v) is 5.84. The first-order valence-electron chi connectivity index (χ1n) is 6.48. The van der Waals surface area contributed by atoms with Gasteiger partial charge in [0.1, 0.15) is 0 Å². The van der Waals surface area contributed by atoms with Gasteiger partial charge in [0.25, 0.3) is 0 Å². The molecule has 0 saturated heterocycles. The lowest BCUT2D eigenvalue weighted by Crippen LogP contribution is -2.30. The first-order valence-corrected chi connectivity index (χ1v) is 6.48. The van der Waals surface area contributed by atoms with E-state index in [1.54, 1.807) is 5.57 Å². The molecule has 2 rings (SSSR count). The Balaban J connectivity index is 2.28. The van der Waals surface area contributed by atoms with Crippen molar-refractivity contribution in [2.75, 3.05) is 0 Å². The molecule has 2 aliphatic rings. The van der Waals surface area contributed by atoms with Crippen molar-refractivity contribution in [3.05, 3.63) is 23.3 Å². The number of hydrogen-bond acceptors (Lipinski definition) is 0. The van der Waals surface area contributed by atoms with Gasteiger partial charge in [0.05, 0.1) is 0 Å². The van der Waals surface area contributed by atoms with Crippen LogP contribution < -0.4 is 0 Å². The Morgan fingerprint density at radius 3 is 2.67 bits per heavy atom. The molecule has 0 aliphatic heterocycles. The van der Waals surface area contributed by atoms with Crippen molar-refractivity contribution in [3.8, 4) is 0 Å². The Morgan fingerprint density at radius 1 is 1.27 bits per heavy atom. The molecule has 0 unspecified atom stereocenters. The van der Waals surface area contributed by atoms with E-state index in [-0.39, 0.29) is 0 Å². The normalized spacial score (nSPS) is 35.9. The van der Waals surface area contributed by atoms with E-state index in [0.717, 1.165) is 23.7 Å². The van der Waals surface area contributed by atoms with Crippen LogP contribution in [0.25, 0.3) is 0 Å². The molecule has 15 heavy (non-hydrogen) atoms. The van der Waals surface area contributed by atoms with E-state index in [0.29, 0.717) is 0 Å². The maximum atomic E-state index is 2.48. The van der Waals surface area contributed by atoms with Crippen LogP contribution in [0.4, 0.5) is 0 Å². The molecule has 0 amide bonds. The highest BCUT2D eigenvalue weighted by molar-refractivity contribution is 5.31. The van der Waals surface area contributed by atoms with Crippen LogP contribution in [0.15, 0.2) is 23.3 Å². The zero-order valence-electron chi connectivity index (χ0n) is 10.6. The second kappa shape index (κ2) is 4.15. The average Bonchev–Trinajstić information content (AvgIpc) is 2.17. The smallest absolute Gasteiger partial charge is 0.0137 e. The van der Waals surface area contributed by atoms with E-state index in [9.17, 15) is 0 Å². The summed E-state index contributed by atoms with van der Waals surface area (Å²) in [4.78, 5) is 0. The van der Waals surface area contributed by atoms with Gasteiger partial charge in [-0.3, -0.25) is 0 Å². The highest BCUT2D eigenvalue weighted by Gasteiger charge is 2.34. The van der Waals surface area contributed by atoms with Gasteiger partial charge in [-0.25, -0.2) is 0 Å². The topological polar surface area (TPSA) is 0 Å². The molecule has 0 heterocycles. The van der Waals surface area contributed by atoms with Gasteiger partial charge < -0.3 is 0 Å². The maximum absolute atomic E-state index is 2.48. The van der Waals surface area contributed by atoms with Crippen molar-refractivity contribution in [3.63, 3.8) is 0 Å². The van der Waals surface area contributed by atoms with E-state index in [1.165, 1.54) is 24.8 Å². The molecule has 2 aliphatic carbocycles. The largest absolute Gasteiger partial charge is 0.0810 e. The molecule has 84 valence electrons. The lowest BCUT2D eigenvalue weighted by atomic mass is 9.65. The summed E-state index contributed by atoms with van der Waals surface area (Å²) in [5.41, 5.74) is 3.25. The summed E-state index contributed by atoms with van der Waals surface area (Å²) in [6, 6.07) is 0. The van der Waals surface area contributed by atoms with Crippen LogP contribution in [0.3, 0.4) is 0 Å². The Hall–Kier alpha value is -0.520. The Morgan fingerprint density at radius 2 is 2.00 bits per heavy atom. The van der Waals surface area contributed by atoms with Gasteiger partial charge >= 0.3 is 0 Å². The molecule has 0 N–H and O–H groups in total. The van der Waals surface area contributed by atoms with E-state index in [1.807, 2.05) is 0 Å². The Kier molecular flexibility index (Phi) is 3.04. The monoisotopic (exact) mass is 204 g/mol. The lowest BCUT2D eigenvalue weighted by Gasteiger charge is -2.40. The zero-order valence-corrected chi connectivity index (χ0v) is 10.6. The highest BCUT2D eigenvalue weighted by atomic mass is 14.4. The van der Waals surface area contributed by atoms with Gasteiger partial charge in [0.15, 0.2) is 0 Å². The van der Waals surface area contributed by atoms with Crippen molar-refractivity contribution >= 4 is 0 Å². The lowest BCUT2D eigenvalue weighted by molar-refractivity contribution is 0.236. The Bertz CT molecular complexity index is 293. The van der Waals surface area contributed by atoms with Crippen molar-refractivity contribution in [1.29, 1.82) is 0 Å². The minimum absolute atomic E-state index is 0.817. The molecular formula is C15H24. The molecule has 0 bridgehead atoms. The Labute approximate surface area is 94.5 Å². The first-order chi connectivity index (χ1) is 7.09. The van der Waals surface area contributed by atoms with Gasteiger partial charge in [-0.05, 0) is 49.9 Å². The summed E-state index contributed by atoms with van der Waals surface area (Å²) in [5, 5.41) is 0. The van der Waals surface area contributed by atoms with Crippen LogP contribution >= 0.6 is 0 Å². The molecule has 0 aromatic carbocycles. The summed E-state index contributed by atoms with van der Waals surface area (Å²) < 4.78 is 0. The summed E-state index contributed by atoms with van der Waals surface area (Å²) >= 11 is 0. The number of allylic oxidation sites excluding steroid dienone is 4. The third-order valence-electron chi connectivity index (χ3n) is 4.37. The molecule has 0 heteroatoms. The molecular weight excluding hydrogens is 180 g/mol. The standard InChI is InChI=1S/C15H24/c1-10(2)13-8-6-12(4)14-7-5-11(3)9-15(13)14/h5,9-10,12-14H,6-8H2,1-4H3/t12-,13+,14+/m0/s1. The van der Waals surface area contributed by atoms with Gasteiger partial charge in [-0.1, -0.05) is 44.1 Å². The van der Waals surface area contributed by atoms with Gasteiger partial charge in [0, 0.05) is 0 Å². The second-order valence-electron chi connectivity index (χ2n) is 5.84. The minimum Gasteiger partial charge on any atom is -0.0810 e. The van der Waals surface area contributed by atoms with Gasteiger partial charge in [-0.2, -0.15) is 0 Å². The van der Waals surface area contributed by atoms with Gasteiger partial charge in [0.2, 0.25) is 0 Å². The molecule has 0 spiro atoms. The molecule has 3 atom stereocenters. The maximum Gasteiger partial charge on any atom is -0.0137 e. The van der Waals surface area contributed by atoms with Gasteiger partial charge in [-0.15, -0.1) is 0 Å². The molecule has 0 radical (unpaired) electrons. The van der Waals surface area contributed by atoms with E-state index >= 15 is 0 Å². The van der Waals surface area contributed by atoms with Crippen LogP contribution in [-0.2, 0) is 0 Å². The number of hydrogen-bond donors (Lipinski definition) is 0. The zero-order chi connectivity index (χ0) is 11.0. The molecule has 1 fully saturated rings. The van der Waals surface area contributed by atoms with E-state index in [4.69, 9.17) is 0 Å². The van der Waals surface area contributed by atoms with Crippen molar-refractivity contribution in [2.45, 2.75) is 47.0 Å². The molecule has 0 nitrogen and oxygen atoms in total. The fourth-order valence-corrected chi connectivity index (χ4v) is 3.35. The third kappa shape index (κ3) is 2.04. The molecule has 1 saturated carbocycles. The van der Waals surface area contributed by atoms with Crippen LogP contribution in [0.2, 0.25) is 0 Å². The van der Waals surface area contributed by atoms with Crippen LogP contribution in [0, 0.1) is 23.7 Å². The van der Waals surface area contributed by atoms with Crippen molar-refractivity contribution in [1.82, 2.24) is 0 Å². The number of fused-ring (bicyclic) bond motifs is 1. The van der Waals surface area contributed by atoms with Crippen molar-refractivity contribution in [2.24, 2.45) is 23.7 Å². The fraction of sp³-hybridized carbons (Fsp3) is 0.733.